The second-order valence-electron chi connectivity index (χ2n) is 5.37. The van der Waals surface area contributed by atoms with Crippen LogP contribution >= 0.6 is 0 Å². The number of H-pyrrole nitrogens is 1. The number of methoxy groups -OCH3 is 2. The second kappa shape index (κ2) is 7.49. The summed E-state index contributed by atoms with van der Waals surface area (Å²) in [5.74, 6) is 1.77. The van der Waals surface area contributed by atoms with Crippen LogP contribution < -0.4 is 19.8 Å². The molecule has 0 aliphatic heterocycles. The number of nitro groups is 1. The molecule has 1 heterocycles. The van der Waals surface area contributed by atoms with Crippen molar-refractivity contribution in [1.29, 1.82) is 5.26 Å². The maximum atomic E-state index is 11.2. The molecule has 0 amide bonds. The topological polar surface area (TPSA) is 112 Å². The maximum Gasteiger partial charge on any atom is 0.315 e. The maximum absolute atomic E-state index is 11.2. The number of benzene rings is 1. The first-order valence-corrected chi connectivity index (χ1v) is 7.48. The van der Waals surface area contributed by atoms with Gasteiger partial charge >= 0.3 is 5.69 Å². The molecule has 2 N–H and O–H groups in total. The van der Waals surface area contributed by atoms with E-state index < -0.39 is 4.92 Å². The molecule has 0 radical (unpaired) electrons. The van der Waals surface area contributed by atoms with E-state index in [1.165, 1.54) is 0 Å². The lowest BCUT2D eigenvalue weighted by atomic mass is 10.1. The van der Waals surface area contributed by atoms with Crippen molar-refractivity contribution in [1.82, 2.24) is 0 Å². The van der Waals surface area contributed by atoms with Crippen LogP contribution in [0, 0.1) is 35.3 Å². The number of hydrogen-bond donors (Lipinski definition) is 1. The fraction of sp³-hybridized carbons (Fsp3) is 0.294. The number of anilines is 1. The third-order valence-electron chi connectivity index (χ3n) is 3.89. The summed E-state index contributed by atoms with van der Waals surface area (Å²) >= 11 is 0. The highest BCUT2D eigenvalue weighted by Gasteiger charge is 2.26. The lowest BCUT2D eigenvalue weighted by Crippen LogP contribution is -2.21. The predicted molar refractivity (Wildman–Crippen MR) is 90.7 cm³/mol. The van der Waals surface area contributed by atoms with E-state index in [0.717, 1.165) is 5.56 Å². The summed E-state index contributed by atoms with van der Waals surface area (Å²) in [6.07, 6.45) is 0. The van der Waals surface area contributed by atoms with Gasteiger partial charge in [-0.05, 0) is 25.1 Å². The van der Waals surface area contributed by atoms with Gasteiger partial charge in [-0.25, -0.2) is 4.98 Å². The Morgan fingerprint density at radius 3 is 2.60 bits per heavy atom. The molecule has 0 unspecified atom stereocenters. The van der Waals surface area contributed by atoms with E-state index in [4.69, 9.17) is 9.47 Å². The molecule has 0 atom stereocenters. The van der Waals surface area contributed by atoms with Gasteiger partial charge in [0.25, 0.3) is 5.82 Å². The van der Waals surface area contributed by atoms with E-state index in [9.17, 15) is 15.4 Å². The number of aromatic nitrogens is 1. The summed E-state index contributed by atoms with van der Waals surface area (Å²) in [5.41, 5.74) is 1.65. The van der Waals surface area contributed by atoms with Crippen molar-refractivity contribution in [2.75, 3.05) is 19.5 Å². The van der Waals surface area contributed by atoms with Crippen LogP contribution in [0.5, 0.6) is 11.5 Å². The number of rotatable bonds is 6. The standard InChI is InChI=1S/C17H18N4O4/c1-10-14(8-18)17(20-11(2)16(10)21(22)23)19-9-12-7-13(24-3)5-6-15(12)25-4/h5-7H,9H2,1-4H3,(H,19,20)/p+1. The molecule has 1 aromatic carbocycles. The summed E-state index contributed by atoms with van der Waals surface area (Å²) in [6, 6.07) is 7.42. The Morgan fingerprint density at radius 1 is 1.32 bits per heavy atom. The molecule has 2 aromatic rings. The minimum atomic E-state index is -0.489. The molecule has 2 rings (SSSR count). The van der Waals surface area contributed by atoms with Crippen molar-refractivity contribution in [3.63, 3.8) is 0 Å². The van der Waals surface area contributed by atoms with Gasteiger partial charge in [0.1, 0.15) is 24.1 Å². The van der Waals surface area contributed by atoms with E-state index in [0.29, 0.717) is 35.1 Å². The highest BCUT2D eigenvalue weighted by atomic mass is 16.6. The molecule has 8 heteroatoms. The minimum absolute atomic E-state index is 0.0824. The lowest BCUT2D eigenvalue weighted by Gasteiger charge is -2.10. The third-order valence-corrected chi connectivity index (χ3v) is 3.89. The number of hydrogen-bond acceptors (Lipinski definition) is 6. The van der Waals surface area contributed by atoms with Crippen molar-refractivity contribution < 1.29 is 19.4 Å². The second-order valence-corrected chi connectivity index (χ2v) is 5.37. The third kappa shape index (κ3) is 3.61. The van der Waals surface area contributed by atoms with E-state index in [-0.39, 0.29) is 11.3 Å². The van der Waals surface area contributed by atoms with Crippen LogP contribution in [0.25, 0.3) is 0 Å². The number of nitrogens with zero attached hydrogens (tertiary/aromatic N) is 2. The largest absolute Gasteiger partial charge is 0.497 e. The number of nitrogens with one attached hydrogen (secondary N) is 2. The number of ether oxygens (including phenoxy) is 2. The van der Waals surface area contributed by atoms with E-state index in [2.05, 4.69) is 10.3 Å². The van der Waals surface area contributed by atoms with Crippen LogP contribution in [0.15, 0.2) is 18.2 Å². The van der Waals surface area contributed by atoms with Gasteiger partial charge in [0.15, 0.2) is 11.3 Å². The fourth-order valence-electron chi connectivity index (χ4n) is 2.65. The highest BCUT2D eigenvalue weighted by Crippen LogP contribution is 2.28. The molecular formula is C17H19N4O4+. The normalized spacial score (nSPS) is 10.0. The average Bonchev–Trinajstić information content (AvgIpc) is 2.59. The Labute approximate surface area is 145 Å². The van der Waals surface area contributed by atoms with Crippen molar-refractivity contribution >= 4 is 11.5 Å². The van der Waals surface area contributed by atoms with E-state index >= 15 is 0 Å². The number of aryl methyl sites for hydroxylation is 1. The van der Waals surface area contributed by atoms with Gasteiger partial charge in [-0.1, -0.05) is 0 Å². The monoisotopic (exact) mass is 343 g/mol. The van der Waals surface area contributed by atoms with Crippen LogP contribution in [0.3, 0.4) is 0 Å². The zero-order valence-electron chi connectivity index (χ0n) is 14.5. The van der Waals surface area contributed by atoms with Gasteiger partial charge in [-0.2, -0.15) is 5.26 Å². The Bertz CT molecular complexity index is 859. The van der Waals surface area contributed by atoms with Gasteiger partial charge in [0, 0.05) is 12.5 Å². The van der Waals surface area contributed by atoms with Crippen molar-refractivity contribution in [3.8, 4) is 17.6 Å². The zero-order valence-corrected chi connectivity index (χ0v) is 14.5. The zero-order chi connectivity index (χ0) is 18.6. The highest BCUT2D eigenvalue weighted by molar-refractivity contribution is 5.60. The van der Waals surface area contributed by atoms with Gasteiger partial charge in [-0.15, -0.1) is 0 Å². The molecule has 0 aliphatic rings. The first kappa shape index (κ1) is 18.0. The lowest BCUT2D eigenvalue weighted by molar-refractivity contribution is -0.419. The first-order chi connectivity index (χ1) is 11.9. The molecule has 1 aromatic heterocycles. The minimum Gasteiger partial charge on any atom is -0.497 e. The SMILES string of the molecule is COc1ccc(OC)c(CNc2[nH+]c(C)c([N+](=O)[O-])c(C)c2C#N)c1. The average molecular weight is 343 g/mol. The van der Waals surface area contributed by atoms with Crippen LogP contribution in [-0.4, -0.2) is 19.1 Å². The van der Waals surface area contributed by atoms with Crippen molar-refractivity contribution in [2.24, 2.45) is 0 Å². The Kier molecular flexibility index (Phi) is 5.39. The van der Waals surface area contributed by atoms with Crippen LogP contribution in [0.4, 0.5) is 11.5 Å². The van der Waals surface area contributed by atoms with Crippen LogP contribution in [0.2, 0.25) is 0 Å². The molecule has 25 heavy (non-hydrogen) atoms. The molecular weight excluding hydrogens is 324 g/mol. The number of nitriles is 1. The summed E-state index contributed by atoms with van der Waals surface area (Å²) in [5, 5.41) is 23.7. The van der Waals surface area contributed by atoms with Gasteiger partial charge < -0.3 is 9.47 Å². The molecule has 0 spiro atoms. The quantitative estimate of drug-likeness (QED) is 0.637. The Balaban J connectivity index is 2.39. The Morgan fingerprint density at radius 2 is 2.04 bits per heavy atom. The summed E-state index contributed by atoms with van der Waals surface area (Å²) < 4.78 is 10.5. The fourth-order valence-corrected chi connectivity index (χ4v) is 2.65. The van der Waals surface area contributed by atoms with E-state index in [1.807, 2.05) is 12.1 Å². The van der Waals surface area contributed by atoms with Crippen molar-refractivity contribution in [2.45, 2.75) is 20.4 Å². The molecule has 0 aliphatic carbocycles. The molecule has 8 nitrogen and oxygen atoms in total. The van der Waals surface area contributed by atoms with Gasteiger partial charge in [0.2, 0.25) is 0 Å². The molecule has 130 valence electrons. The number of aromatic amines is 1. The molecule has 0 saturated heterocycles. The van der Waals surface area contributed by atoms with E-state index in [1.54, 1.807) is 40.2 Å². The predicted octanol–water partition coefficient (Wildman–Crippen LogP) is 2.53. The Hall–Kier alpha value is -3.34. The number of pyridine rings is 1. The molecule has 0 bridgehead atoms. The van der Waals surface area contributed by atoms with Crippen LogP contribution in [-0.2, 0) is 6.54 Å². The van der Waals surface area contributed by atoms with Crippen molar-refractivity contribution in [3.05, 3.63) is 50.7 Å². The first-order valence-electron chi connectivity index (χ1n) is 7.48. The smallest absolute Gasteiger partial charge is 0.315 e. The summed E-state index contributed by atoms with van der Waals surface area (Å²) in [7, 11) is 3.14. The molecule has 0 fully saturated rings. The van der Waals surface area contributed by atoms with Gasteiger partial charge in [-0.3, -0.25) is 15.4 Å². The van der Waals surface area contributed by atoms with Crippen LogP contribution in [0.1, 0.15) is 22.4 Å². The molecule has 0 saturated carbocycles. The summed E-state index contributed by atoms with van der Waals surface area (Å²) in [4.78, 5) is 13.6. The van der Waals surface area contributed by atoms with Gasteiger partial charge in [0.05, 0.1) is 24.7 Å². The summed E-state index contributed by atoms with van der Waals surface area (Å²) in [6.45, 7) is 3.51.